The van der Waals surface area contributed by atoms with Gasteiger partial charge in [0.1, 0.15) is 0 Å². The number of nitrogens with one attached hydrogen (secondary N) is 1. The lowest BCUT2D eigenvalue weighted by atomic mass is 10.2. The first kappa shape index (κ1) is 11.5. The standard InChI is InChI=1S/C10H21NO/c1-10(2)11-8-6-4-5-7-9-12-3/h11H,1,4-9H2,2-3H3. The summed E-state index contributed by atoms with van der Waals surface area (Å²) >= 11 is 0. The Labute approximate surface area is 76.0 Å². The highest BCUT2D eigenvalue weighted by Gasteiger charge is 1.89. The van der Waals surface area contributed by atoms with E-state index in [0.29, 0.717) is 0 Å². The van der Waals surface area contributed by atoms with Gasteiger partial charge in [-0.25, -0.2) is 0 Å². The first-order valence-electron chi connectivity index (χ1n) is 4.65. The van der Waals surface area contributed by atoms with E-state index in [9.17, 15) is 0 Å². The van der Waals surface area contributed by atoms with Crippen molar-refractivity contribution in [2.45, 2.75) is 32.6 Å². The zero-order valence-corrected chi connectivity index (χ0v) is 8.36. The Morgan fingerprint density at radius 2 is 1.92 bits per heavy atom. The van der Waals surface area contributed by atoms with Crippen molar-refractivity contribution in [3.63, 3.8) is 0 Å². The van der Waals surface area contributed by atoms with Crippen molar-refractivity contribution in [2.75, 3.05) is 20.3 Å². The Bertz CT molecular complexity index is 112. The number of allylic oxidation sites excluding steroid dienone is 1. The number of unbranched alkanes of at least 4 members (excludes halogenated alkanes) is 3. The molecular weight excluding hydrogens is 150 g/mol. The molecular formula is C10H21NO. The van der Waals surface area contributed by atoms with Crippen LogP contribution in [-0.4, -0.2) is 20.3 Å². The molecule has 1 N–H and O–H groups in total. The lowest BCUT2D eigenvalue weighted by Gasteiger charge is -2.04. The Balaban J connectivity index is 2.86. The number of hydrogen-bond acceptors (Lipinski definition) is 2. The Morgan fingerprint density at radius 3 is 2.50 bits per heavy atom. The molecule has 0 heterocycles. The summed E-state index contributed by atoms with van der Waals surface area (Å²) < 4.78 is 4.96. The third-order valence-corrected chi connectivity index (χ3v) is 1.70. The third-order valence-electron chi connectivity index (χ3n) is 1.70. The molecule has 2 nitrogen and oxygen atoms in total. The smallest absolute Gasteiger partial charge is 0.0462 e. The molecule has 0 atom stereocenters. The zero-order valence-electron chi connectivity index (χ0n) is 8.36. The number of methoxy groups -OCH3 is 1. The molecule has 0 unspecified atom stereocenters. The molecule has 0 radical (unpaired) electrons. The lowest BCUT2D eigenvalue weighted by Crippen LogP contribution is -2.11. The van der Waals surface area contributed by atoms with Gasteiger partial charge >= 0.3 is 0 Å². The normalized spacial score (nSPS) is 9.83. The van der Waals surface area contributed by atoms with Crippen LogP contribution in [0.25, 0.3) is 0 Å². The van der Waals surface area contributed by atoms with Gasteiger partial charge in [-0.3, -0.25) is 0 Å². The molecule has 0 fully saturated rings. The molecule has 0 aliphatic heterocycles. The maximum absolute atomic E-state index is 4.96. The minimum Gasteiger partial charge on any atom is -0.389 e. The second-order valence-corrected chi connectivity index (χ2v) is 3.11. The zero-order chi connectivity index (χ0) is 9.23. The summed E-state index contributed by atoms with van der Waals surface area (Å²) in [5.74, 6) is 0. The Morgan fingerprint density at radius 1 is 1.25 bits per heavy atom. The fraction of sp³-hybridized carbons (Fsp3) is 0.800. The molecule has 0 aliphatic carbocycles. The summed E-state index contributed by atoms with van der Waals surface area (Å²) in [5.41, 5.74) is 1.06. The van der Waals surface area contributed by atoms with Crippen molar-refractivity contribution < 1.29 is 4.74 Å². The van der Waals surface area contributed by atoms with Gasteiger partial charge < -0.3 is 10.1 Å². The van der Waals surface area contributed by atoms with Crippen LogP contribution in [0.1, 0.15) is 32.6 Å². The second-order valence-electron chi connectivity index (χ2n) is 3.11. The molecule has 0 bridgehead atoms. The fourth-order valence-corrected chi connectivity index (χ4v) is 1.03. The molecule has 12 heavy (non-hydrogen) atoms. The first-order valence-corrected chi connectivity index (χ1v) is 4.65. The van der Waals surface area contributed by atoms with E-state index in [-0.39, 0.29) is 0 Å². The fourth-order valence-electron chi connectivity index (χ4n) is 1.03. The molecule has 2 heteroatoms. The second kappa shape index (κ2) is 8.60. The lowest BCUT2D eigenvalue weighted by molar-refractivity contribution is 0.192. The van der Waals surface area contributed by atoms with Gasteiger partial charge in [0.25, 0.3) is 0 Å². The number of ether oxygens (including phenoxy) is 1. The van der Waals surface area contributed by atoms with Crippen molar-refractivity contribution in [1.82, 2.24) is 5.32 Å². The molecule has 0 aromatic heterocycles. The van der Waals surface area contributed by atoms with E-state index < -0.39 is 0 Å². The largest absolute Gasteiger partial charge is 0.389 e. The van der Waals surface area contributed by atoms with Gasteiger partial charge in [0.2, 0.25) is 0 Å². The van der Waals surface area contributed by atoms with E-state index >= 15 is 0 Å². The predicted molar refractivity (Wildman–Crippen MR) is 53.2 cm³/mol. The van der Waals surface area contributed by atoms with Crippen LogP contribution in [0.15, 0.2) is 12.3 Å². The molecule has 0 spiro atoms. The maximum atomic E-state index is 4.96. The van der Waals surface area contributed by atoms with Crippen LogP contribution < -0.4 is 5.32 Å². The highest BCUT2D eigenvalue weighted by atomic mass is 16.5. The minimum absolute atomic E-state index is 0.897. The van der Waals surface area contributed by atoms with E-state index in [1.165, 1.54) is 25.7 Å². The number of hydrogen-bond donors (Lipinski definition) is 1. The third kappa shape index (κ3) is 9.50. The van der Waals surface area contributed by atoms with Crippen LogP contribution >= 0.6 is 0 Å². The molecule has 0 amide bonds. The van der Waals surface area contributed by atoms with Crippen LogP contribution in [0.2, 0.25) is 0 Å². The summed E-state index contributed by atoms with van der Waals surface area (Å²) in [6.45, 7) is 7.72. The van der Waals surface area contributed by atoms with Gasteiger partial charge in [0.05, 0.1) is 0 Å². The van der Waals surface area contributed by atoms with E-state index in [1.54, 1.807) is 7.11 Å². The summed E-state index contributed by atoms with van der Waals surface area (Å²) in [7, 11) is 1.75. The van der Waals surface area contributed by atoms with E-state index in [4.69, 9.17) is 4.74 Å². The SMILES string of the molecule is C=C(C)NCCCCCCOC. The molecule has 0 aliphatic rings. The molecule has 72 valence electrons. The van der Waals surface area contributed by atoms with Crippen molar-refractivity contribution in [2.24, 2.45) is 0 Å². The summed E-state index contributed by atoms with van der Waals surface area (Å²) in [6, 6.07) is 0. The highest BCUT2D eigenvalue weighted by molar-refractivity contribution is 4.83. The van der Waals surface area contributed by atoms with Crippen molar-refractivity contribution in [3.8, 4) is 0 Å². The minimum atomic E-state index is 0.897. The Kier molecular flexibility index (Phi) is 8.24. The monoisotopic (exact) mass is 171 g/mol. The Hall–Kier alpha value is -0.500. The molecule has 0 aromatic carbocycles. The quantitative estimate of drug-likeness (QED) is 0.566. The van der Waals surface area contributed by atoms with Gasteiger partial charge in [0.15, 0.2) is 0 Å². The van der Waals surface area contributed by atoms with Gasteiger partial charge in [-0.1, -0.05) is 19.4 Å². The predicted octanol–water partition coefficient (Wildman–Crippen LogP) is 2.32. The number of rotatable bonds is 8. The van der Waals surface area contributed by atoms with Crippen molar-refractivity contribution in [1.29, 1.82) is 0 Å². The van der Waals surface area contributed by atoms with E-state index in [1.807, 2.05) is 6.92 Å². The average Bonchev–Trinajstić information content (AvgIpc) is 2.02. The summed E-state index contributed by atoms with van der Waals surface area (Å²) in [6.07, 6.45) is 4.97. The van der Waals surface area contributed by atoms with Crippen LogP contribution in [0.5, 0.6) is 0 Å². The van der Waals surface area contributed by atoms with Crippen molar-refractivity contribution in [3.05, 3.63) is 12.3 Å². The molecule has 0 saturated carbocycles. The van der Waals surface area contributed by atoms with Crippen LogP contribution in [0.3, 0.4) is 0 Å². The topological polar surface area (TPSA) is 21.3 Å². The van der Waals surface area contributed by atoms with E-state index in [0.717, 1.165) is 18.8 Å². The van der Waals surface area contributed by atoms with Gasteiger partial charge in [-0.05, 0) is 19.8 Å². The summed E-state index contributed by atoms with van der Waals surface area (Å²) in [4.78, 5) is 0. The first-order chi connectivity index (χ1) is 5.77. The summed E-state index contributed by atoms with van der Waals surface area (Å²) in [5, 5.41) is 3.21. The van der Waals surface area contributed by atoms with E-state index in [2.05, 4.69) is 11.9 Å². The van der Waals surface area contributed by atoms with Gasteiger partial charge in [-0.2, -0.15) is 0 Å². The average molecular weight is 171 g/mol. The molecule has 0 aromatic rings. The van der Waals surface area contributed by atoms with Crippen LogP contribution in [-0.2, 0) is 4.74 Å². The maximum Gasteiger partial charge on any atom is 0.0462 e. The van der Waals surface area contributed by atoms with Crippen LogP contribution in [0, 0.1) is 0 Å². The van der Waals surface area contributed by atoms with Crippen molar-refractivity contribution >= 4 is 0 Å². The molecule has 0 saturated heterocycles. The highest BCUT2D eigenvalue weighted by Crippen LogP contribution is 1.98. The molecule has 0 rings (SSSR count). The van der Waals surface area contributed by atoms with Crippen LogP contribution in [0.4, 0.5) is 0 Å². The van der Waals surface area contributed by atoms with Gasteiger partial charge in [0, 0.05) is 26.0 Å². The van der Waals surface area contributed by atoms with Gasteiger partial charge in [-0.15, -0.1) is 0 Å².